The van der Waals surface area contributed by atoms with E-state index in [1.807, 2.05) is 25.2 Å². The third kappa shape index (κ3) is 2.38. The zero-order valence-electron chi connectivity index (χ0n) is 11.1. The molecule has 4 nitrogen and oxygen atoms in total. The van der Waals surface area contributed by atoms with Crippen LogP contribution in [-0.4, -0.2) is 16.7 Å². The predicted molar refractivity (Wildman–Crippen MR) is 71.6 cm³/mol. The Balaban J connectivity index is 2.28. The Labute approximate surface area is 107 Å². The molecule has 2 N–H and O–H groups in total. The summed E-state index contributed by atoms with van der Waals surface area (Å²) >= 11 is 0. The smallest absolute Gasteiger partial charge is 0.122 e. The largest absolute Gasteiger partial charge is 0.497 e. The summed E-state index contributed by atoms with van der Waals surface area (Å²) < 4.78 is 7.28. The van der Waals surface area contributed by atoms with Crippen LogP contribution in [0.2, 0.25) is 0 Å². The molecule has 0 aliphatic carbocycles. The number of methoxy groups -OCH3 is 1. The average molecular weight is 245 g/mol. The van der Waals surface area contributed by atoms with Gasteiger partial charge in [-0.15, -0.1) is 0 Å². The van der Waals surface area contributed by atoms with E-state index in [0.29, 0.717) is 6.54 Å². The summed E-state index contributed by atoms with van der Waals surface area (Å²) in [4.78, 5) is 4.58. The van der Waals surface area contributed by atoms with Gasteiger partial charge in [0.05, 0.1) is 19.3 Å². The Kier molecular flexibility index (Phi) is 3.67. The molecule has 2 rings (SSSR count). The van der Waals surface area contributed by atoms with E-state index in [4.69, 9.17) is 10.5 Å². The molecule has 1 aromatic heterocycles. The fraction of sp³-hybridized carbons (Fsp3) is 0.357. The van der Waals surface area contributed by atoms with Crippen LogP contribution in [0, 0.1) is 6.92 Å². The van der Waals surface area contributed by atoms with Crippen molar-refractivity contribution in [1.29, 1.82) is 0 Å². The van der Waals surface area contributed by atoms with Gasteiger partial charge in [-0.25, -0.2) is 4.98 Å². The Morgan fingerprint density at radius 2 is 2.17 bits per heavy atom. The lowest BCUT2D eigenvalue weighted by atomic mass is 10.1. The molecule has 96 valence electrons. The van der Waals surface area contributed by atoms with E-state index in [2.05, 4.69) is 22.5 Å². The van der Waals surface area contributed by atoms with E-state index in [9.17, 15) is 0 Å². The SMILES string of the molecule is COc1cccc(Cc2nc(CN)n(C)c2C)c1. The number of imidazole rings is 1. The number of nitrogens with zero attached hydrogens (tertiary/aromatic N) is 2. The maximum absolute atomic E-state index is 5.67. The molecule has 0 bridgehead atoms. The zero-order chi connectivity index (χ0) is 13.1. The van der Waals surface area contributed by atoms with E-state index < -0.39 is 0 Å². The minimum absolute atomic E-state index is 0.468. The van der Waals surface area contributed by atoms with Gasteiger partial charge in [0.1, 0.15) is 11.6 Å². The number of aromatic nitrogens is 2. The average Bonchev–Trinajstić information content (AvgIpc) is 2.67. The number of benzene rings is 1. The maximum atomic E-state index is 5.67. The molecule has 1 aromatic carbocycles. The summed E-state index contributed by atoms with van der Waals surface area (Å²) in [6.45, 7) is 2.54. The van der Waals surface area contributed by atoms with E-state index >= 15 is 0 Å². The second kappa shape index (κ2) is 5.23. The molecule has 0 atom stereocenters. The maximum Gasteiger partial charge on any atom is 0.122 e. The Morgan fingerprint density at radius 1 is 1.39 bits per heavy atom. The molecule has 0 unspecified atom stereocenters. The molecule has 0 aliphatic heterocycles. The van der Waals surface area contributed by atoms with Gasteiger partial charge in [-0.2, -0.15) is 0 Å². The highest BCUT2D eigenvalue weighted by atomic mass is 16.5. The van der Waals surface area contributed by atoms with Crippen LogP contribution in [0.5, 0.6) is 5.75 Å². The van der Waals surface area contributed by atoms with Crippen LogP contribution in [0.4, 0.5) is 0 Å². The van der Waals surface area contributed by atoms with Crippen molar-refractivity contribution in [2.45, 2.75) is 19.9 Å². The van der Waals surface area contributed by atoms with Gasteiger partial charge >= 0.3 is 0 Å². The highest BCUT2D eigenvalue weighted by Crippen LogP contribution is 2.18. The lowest BCUT2D eigenvalue weighted by Crippen LogP contribution is -2.05. The Bertz CT molecular complexity index is 546. The standard InChI is InChI=1S/C14H19N3O/c1-10-13(16-14(9-15)17(10)2)8-11-5-4-6-12(7-11)18-3/h4-7H,8-9,15H2,1-3H3. The first-order valence-corrected chi connectivity index (χ1v) is 5.99. The van der Waals surface area contributed by atoms with E-state index in [1.54, 1.807) is 7.11 Å². The molecule has 1 heterocycles. The molecule has 0 radical (unpaired) electrons. The number of rotatable bonds is 4. The summed E-state index contributed by atoms with van der Waals surface area (Å²) in [5.74, 6) is 1.80. The first-order valence-electron chi connectivity index (χ1n) is 5.99. The molecule has 0 saturated heterocycles. The quantitative estimate of drug-likeness (QED) is 0.893. The molecule has 0 amide bonds. The Hall–Kier alpha value is -1.81. The molecule has 2 aromatic rings. The van der Waals surface area contributed by atoms with Gasteiger partial charge in [0.25, 0.3) is 0 Å². The van der Waals surface area contributed by atoms with Gasteiger partial charge < -0.3 is 15.0 Å². The summed E-state index contributed by atoms with van der Waals surface area (Å²) in [7, 11) is 3.68. The van der Waals surface area contributed by atoms with Crippen LogP contribution in [0.15, 0.2) is 24.3 Å². The molecule has 4 heteroatoms. The van der Waals surface area contributed by atoms with Gasteiger partial charge in [0.2, 0.25) is 0 Å². The molecule has 0 aliphatic rings. The third-order valence-corrected chi connectivity index (χ3v) is 3.26. The normalized spacial score (nSPS) is 10.7. The molecule has 0 saturated carbocycles. The van der Waals surface area contributed by atoms with Crippen LogP contribution in [-0.2, 0) is 20.0 Å². The van der Waals surface area contributed by atoms with Gasteiger partial charge in [-0.1, -0.05) is 12.1 Å². The fourth-order valence-corrected chi connectivity index (χ4v) is 2.02. The van der Waals surface area contributed by atoms with Crippen molar-refractivity contribution in [3.05, 3.63) is 47.0 Å². The van der Waals surface area contributed by atoms with Crippen LogP contribution in [0.1, 0.15) is 22.8 Å². The summed E-state index contributed by atoms with van der Waals surface area (Å²) in [6.07, 6.45) is 0.802. The molecule has 0 fully saturated rings. The highest BCUT2D eigenvalue weighted by molar-refractivity contribution is 5.32. The van der Waals surface area contributed by atoms with E-state index in [-0.39, 0.29) is 0 Å². The second-order valence-corrected chi connectivity index (χ2v) is 4.35. The van der Waals surface area contributed by atoms with Crippen LogP contribution < -0.4 is 10.5 Å². The number of ether oxygens (including phenoxy) is 1. The van der Waals surface area contributed by atoms with Crippen molar-refractivity contribution >= 4 is 0 Å². The van der Waals surface area contributed by atoms with Gasteiger partial charge in [-0.3, -0.25) is 0 Å². The predicted octanol–water partition coefficient (Wildman–Crippen LogP) is 1.79. The summed E-state index contributed by atoms with van der Waals surface area (Å²) in [5.41, 5.74) is 9.10. The number of nitrogens with two attached hydrogens (primary N) is 1. The minimum atomic E-state index is 0.468. The van der Waals surface area contributed by atoms with Gasteiger partial charge in [0, 0.05) is 19.2 Å². The third-order valence-electron chi connectivity index (χ3n) is 3.26. The van der Waals surface area contributed by atoms with Gasteiger partial charge in [-0.05, 0) is 24.6 Å². The van der Waals surface area contributed by atoms with Crippen LogP contribution in [0.3, 0.4) is 0 Å². The van der Waals surface area contributed by atoms with E-state index in [1.165, 1.54) is 11.3 Å². The van der Waals surface area contributed by atoms with Crippen molar-refractivity contribution < 1.29 is 4.74 Å². The van der Waals surface area contributed by atoms with Crippen molar-refractivity contribution in [1.82, 2.24) is 9.55 Å². The molecular formula is C14H19N3O. The fourth-order valence-electron chi connectivity index (χ4n) is 2.02. The van der Waals surface area contributed by atoms with Gasteiger partial charge in [0.15, 0.2) is 0 Å². The molecule has 18 heavy (non-hydrogen) atoms. The van der Waals surface area contributed by atoms with Crippen molar-refractivity contribution in [3.63, 3.8) is 0 Å². The zero-order valence-corrected chi connectivity index (χ0v) is 11.1. The monoisotopic (exact) mass is 245 g/mol. The number of hydrogen-bond acceptors (Lipinski definition) is 3. The molecular weight excluding hydrogens is 226 g/mol. The topological polar surface area (TPSA) is 53.1 Å². The highest BCUT2D eigenvalue weighted by Gasteiger charge is 2.10. The minimum Gasteiger partial charge on any atom is -0.497 e. The molecule has 0 spiro atoms. The van der Waals surface area contributed by atoms with E-state index in [0.717, 1.165) is 23.7 Å². The van der Waals surface area contributed by atoms with Crippen LogP contribution in [0.25, 0.3) is 0 Å². The first-order chi connectivity index (χ1) is 8.65. The van der Waals surface area contributed by atoms with Crippen molar-refractivity contribution in [3.8, 4) is 5.75 Å². The van der Waals surface area contributed by atoms with Crippen molar-refractivity contribution in [2.75, 3.05) is 7.11 Å². The lowest BCUT2D eigenvalue weighted by molar-refractivity contribution is 0.414. The summed E-state index contributed by atoms with van der Waals surface area (Å²) in [6, 6.07) is 8.06. The Morgan fingerprint density at radius 3 is 2.78 bits per heavy atom. The lowest BCUT2D eigenvalue weighted by Gasteiger charge is -2.04. The van der Waals surface area contributed by atoms with Crippen LogP contribution >= 0.6 is 0 Å². The summed E-state index contributed by atoms with van der Waals surface area (Å²) in [5, 5.41) is 0. The number of hydrogen-bond donors (Lipinski definition) is 1. The second-order valence-electron chi connectivity index (χ2n) is 4.35. The first kappa shape index (κ1) is 12.6. The van der Waals surface area contributed by atoms with Crippen molar-refractivity contribution in [2.24, 2.45) is 12.8 Å².